The normalized spacial score (nSPS) is 26.8. The van der Waals surface area contributed by atoms with Crippen LogP contribution in [-0.2, 0) is 4.79 Å². The van der Waals surface area contributed by atoms with Crippen LogP contribution in [0.15, 0.2) is 41.2 Å². The second kappa shape index (κ2) is 5.23. The second-order valence-corrected chi connectivity index (χ2v) is 6.27. The number of carbonyl (C=O) groups excluding carboxylic acids is 1. The van der Waals surface area contributed by atoms with E-state index < -0.39 is 6.04 Å². The molecule has 3 heterocycles. The number of likely N-dealkylation sites (tertiary alicyclic amines) is 1. The predicted molar refractivity (Wildman–Crippen MR) is 84.0 cm³/mol. The number of benzene rings is 1. The Morgan fingerprint density at radius 3 is 2.77 bits per heavy atom. The first kappa shape index (κ1) is 13.5. The predicted octanol–water partition coefficient (Wildman–Crippen LogP) is 2.82. The van der Waals surface area contributed by atoms with Gasteiger partial charge in [0.25, 0.3) is 5.91 Å². The van der Waals surface area contributed by atoms with E-state index in [1.807, 2.05) is 22.0 Å². The quantitative estimate of drug-likeness (QED) is 0.800. The van der Waals surface area contributed by atoms with Crippen LogP contribution in [0.4, 0.5) is 0 Å². The fourth-order valence-electron chi connectivity index (χ4n) is 3.71. The summed E-state index contributed by atoms with van der Waals surface area (Å²) in [7, 11) is 0. The van der Waals surface area contributed by atoms with E-state index in [2.05, 4.69) is 29.0 Å². The third kappa shape index (κ3) is 2.03. The highest BCUT2D eigenvalue weighted by molar-refractivity contribution is 5.84. The SMILES string of the molecule is C=C1CN2N=N[C@H](C(=O)N3CCCCC3)[C@H]2c2ccccc21. The minimum Gasteiger partial charge on any atom is -0.341 e. The molecule has 4 rings (SSSR count). The molecule has 0 saturated carbocycles. The number of carbonyl (C=O) groups is 1. The van der Waals surface area contributed by atoms with Crippen LogP contribution in [0.2, 0.25) is 0 Å². The van der Waals surface area contributed by atoms with E-state index in [-0.39, 0.29) is 11.9 Å². The molecular formula is C17H20N4O. The summed E-state index contributed by atoms with van der Waals surface area (Å²) >= 11 is 0. The van der Waals surface area contributed by atoms with Gasteiger partial charge in [0.05, 0.1) is 6.54 Å². The molecule has 0 aromatic heterocycles. The van der Waals surface area contributed by atoms with Crippen molar-refractivity contribution in [2.45, 2.75) is 31.3 Å². The number of nitrogens with zero attached hydrogens (tertiary/aromatic N) is 4. The molecule has 2 atom stereocenters. The fraction of sp³-hybridized carbons (Fsp3) is 0.471. The molecule has 5 nitrogen and oxygen atoms in total. The molecule has 0 bridgehead atoms. The summed E-state index contributed by atoms with van der Waals surface area (Å²) in [6.45, 7) is 6.49. The Morgan fingerprint density at radius 1 is 1.18 bits per heavy atom. The molecule has 3 aliphatic heterocycles. The summed E-state index contributed by atoms with van der Waals surface area (Å²) in [5, 5.41) is 10.5. The molecule has 1 saturated heterocycles. The van der Waals surface area contributed by atoms with Gasteiger partial charge in [-0.25, -0.2) is 0 Å². The van der Waals surface area contributed by atoms with Crippen molar-refractivity contribution in [2.75, 3.05) is 19.6 Å². The topological polar surface area (TPSA) is 48.3 Å². The van der Waals surface area contributed by atoms with Gasteiger partial charge in [0.2, 0.25) is 0 Å². The summed E-state index contributed by atoms with van der Waals surface area (Å²) in [5.74, 6) is 0.123. The first-order chi connectivity index (χ1) is 10.8. The number of piperidine rings is 1. The van der Waals surface area contributed by atoms with Crippen LogP contribution in [0.5, 0.6) is 0 Å². The zero-order valence-electron chi connectivity index (χ0n) is 12.6. The largest absolute Gasteiger partial charge is 0.341 e. The van der Waals surface area contributed by atoms with Gasteiger partial charge in [0, 0.05) is 13.1 Å². The van der Waals surface area contributed by atoms with Gasteiger partial charge in [-0.15, -0.1) is 0 Å². The van der Waals surface area contributed by atoms with E-state index in [1.54, 1.807) is 0 Å². The van der Waals surface area contributed by atoms with Crippen LogP contribution in [-0.4, -0.2) is 41.5 Å². The minimum atomic E-state index is -0.410. The molecule has 0 spiro atoms. The van der Waals surface area contributed by atoms with Crippen molar-refractivity contribution in [1.82, 2.24) is 9.91 Å². The van der Waals surface area contributed by atoms with Gasteiger partial charge in [0.15, 0.2) is 6.04 Å². The van der Waals surface area contributed by atoms with Crippen LogP contribution < -0.4 is 0 Å². The molecule has 1 amide bonds. The number of hydrogen-bond acceptors (Lipinski definition) is 4. The Balaban J connectivity index is 1.66. The maximum absolute atomic E-state index is 12.9. The van der Waals surface area contributed by atoms with E-state index in [4.69, 9.17) is 0 Å². The van der Waals surface area contributed by atoms with Gasteiger partial charge in [-0.1, -0.05) is 36.1 Å². The molecule has 22 heavy (non-hydrogen) atoms. The Labute approximate surface area is 130 Å². The van der Waals surface area contributed by atoms with Crippen molar-refractivity contribution in [1.29, 1.82) is 0 Å². The highest BCUT2D eigenvalue weighted by Gasteiger charge is 2.44. The standard InChI is InChI=1S/C17H20N4O/c1-12-11-21-16(14-8-4-3-7-13(12)14)15(18-19-21)17(22)20-9-5-2-6-10-20/h3-4,7-8,15-16H,1-2,5-6,9-11H2/t15-,16+/m0/s1. The molecule has 0 radical (unpaired) electrons. The average Bonchev–Trinajstić information content (AvgIpc) is 2.99. The van der Waals surface area contributed by atoms with Crippen molar-refractivity contribution in [3.05, 3.63) is 42.0 Å². The molecule has 0 N–H and O–H groups in total. The van der Waals surface area contributed by atoms with Crippen molar-refractivity contribution in [3.63, 3.8) is 0 Å². The number of amides is 1. The highest BCUT2D eigenvalue weighted by Crippen LogP contribution is 2.41. The molecule has 0 unspecified atom stereocenters. The molecular weight excluding hydrogens is 276 g/mol. The van der Waals surface area contributed by atoms with E-state index in [1.165, 1.54) is 6.42 Å². The second-order valence-electron chi connectivity index (χ2n) is 6.27. The lowest BCUT2D eigenvalue weighted by atomic mass is 9.87. The summed E-state index contributed by atoms with van der Waals surface area (Å²) in [5.41, 5.74) is 3.31. The third-order valence-electron chi connectivity index (χ3n) is 4.85. The summed E-state index contributed by atoms with van der Waals surface area (Å²) in [6, 6.07) is 7.70. The summed E-state index contributed by atoms with van der Waals surface area (Å²) < 4.78 is 0. The maximum atomic E-state index is 12.9. The summed E-state index contributed by atoms with van der Waals surface area (Å²) in [6.07, 6.45) is 3.41. The lowest BCUT2D eigenvalue weighted by Crippen LogP contribution is -2.45. The van der Waals surface area contributed by atoms with Crippen LogP contribution in [0, 0.1) is 0 Å². The van der Waals surface area contributed by atoms with Crippen LogP contribution >= 0.6 is 0 Å². The molecule has 114 valence electrons. The van der Waals surface area contributed by atoms with Gasteiger partial charge >= 0.3 is 0 Å². The Bertz CT molecular complexity index is 648. The average molecular weight is 296 g/mol. The number of fused-ring (bicyclic) bond motifs is 3. The molecule has 0 aliphatic carbocycles. The lowest BCUT2D eigenvalue weighted by molar-refractivity contribution is -0.134. The van der Waals surface area contributed by atoms with Gasteiger partial charge in [0.1, 0.15) is 6.04 Å². The van der Waals surface area contributed by atoms with E-state index in [9.17, 15) is 4.79 Å². The van der Waals surface area contributed by atoms with Crippen LogP contribution in [0.1, 0.15) is 36.4 Å². The van der Waals surface area contributed by atoms with Crippen molar-refractivity contribution in [3.8, 4) is 0 Å². The minimum absolute atomic E-state index is 0.0730. The highest BCUT2D eigenvalue weighted by atomic mass is 16.2. The van der Waals surface area contributed by atoms with Crippen molar-refractivity contribution < 1.29 is 4.79 Å². The number of hydrogen-bond donors (Lipinski definition) is 0. The van der Waals surface area contributed by atoms with Gasteiger partial charge in [-0.2, -0.15) is 5.11 Å². The van der Waals surface area contributed by atoms with Crippen molar-refractivity contribution in [2.24, 2.45) is 10.3 Å². The van der Waals surface area contributed by atoms with Gasteiger partial charge < -0.3 is 4.90 Å². The number of rotatable bonds is 1. The smallest absolute Gasteiger partial charge is 0.251 e. The first-order valence-corrected chi connectivity index (χ1v) is 7.99. The Hall–Kier alpha value is -2.17. The Morgan fingerprint density at radius 2 is 1.95 bits per heavy atom. The monoisotopic (exact) mass is 296 g/mol. The van der Waals surface area contributed by atoms with E-state index >= 15 is 0 Å². The third-order valence-corrected chi connectivity index (χ3v) is 4.85. The summed E-state index contributed by atoms with van der Waals surface area (Å²) in [4.78, 5) is 14.8. The fourth-order valence-corrected chi connectivity index (χ4v) is 3.71. The molecule has 1 aromatic rings. The molecule has 1 fully saturated rings. The zero-order valence-corrected chi connectivity index (χ0v) is 12.6. The zero-order chi connectivity index (χ0) is 15.1. The van der Waals surface area contributed by atoms with Gasteiger partial charge in [-0.3, -0.25) is 9.80 Å². The molecule has 3 aliphatic rings. The van der Waals surface area contributed by atoms with Gasteiger partial charge in [-0.05, 0) is 36.0 Å². The van der Waals surface area contributed by atoms with Crippen LogP contribution in [0.3, 0.4) is 0 Å². The first-order valence-electron chi connectivity index (χ1n) is 7.99. The van der Waals surface area contributed by atoms with E-state index in [0.717, 1.165) is 42.6 Å². The van der Waals surface area contributed by atoms with Crippen molar-refractivity contribution >= 4 is 11.5 Å². The molecule has 5 heteroatoms. The lowest BCUT2D eigenvalue weighted by Gasteiger charge is -2.35. The Kier molecular flexibility index (Phi) is 3.21. The van der Waals surface area contributed by atoms with E-state index in [0.29, 0.717) is 6.54 Å². The maximum Gasteiger partial charge on any atom is 0.251 e. The van der Waals surface area contributed by atoms with Crippen LogP contribution in [0.25, 0.3) is 5.57 Å². The molecule has 1 aromatic carbocycles.